The standard InChI is InChI=1S/C27H34O6S/c1-6-7-12-20-14-18(3)23(34-20)15-19(4)26(30)25-21(28)16-22(33-27(25)31)17(2)11-9-8-10-13-24(29)32-5/h8,10,14-17,28H,6-7,9,11-13H2,1-5H3/b10-8+,19-15?. The van der Waals surface area contributed by atoms with Gasteiger partial charge in [-0.3, -0.25) is 9.59 Å². The number of carbonyl (C=O) groups is 2. The van der Waals surface area contributed by atoms with Crippen molar-refractivity contribution in [2.24, 2.45) is 0 Å². The Bertz CT molecular complexity index is 1120. The van der Waals surface area contributed by atoms with Gasteiger partial charge in [0.15, 0.2) is 5.78 Å². The first-order valence-electron chi connectivity index (χ1n) is 11.6. The van der Waals surface area contributed by atoms with E-state index in [0.29, 0.717) is 24.2 Å². The summed E-state index contributed by atoms with van der Waals surface area (Å²) < 4.78 is 9.97. The third-order valence-electron chi connectivity index (χ3n) is 5.60. The van der Waals surface area contributed by atoms with Gasteiger partial charge in [0.25, 0.3) is 0 Å². The molecular weight excluding hydrogens is 452 g/mol. The van der Waals surface area contributed by atoms with Crippen LogP contribution in [0.15, 0.2) is 39.1 Å². The van der Waals surface area contributed by atoms with E-state index in [2.05, 4.69) is 17.7 Å². The summed E-state index contributed by atoms with van der Waals surface area (Å²) in [5.74, 6) is -1.06. The number of hydrogen-bond acceptors (Lipinski definition) is 7. The lowest BCUT2D eigenvalue weighted by molar-refractivity contribution is -0.139. The van der Waals surface area contributed by atoms with Gasteiger partial charge in [0.1, 0.15) is 17.1 Å². The van der Waals surface area contributed by atoms with Gasteiger partial charge < -0.3 is 14.3 Å². The van der Waals surface area contributed by atoms with E-state index in [1.807, 2.05) is 19.9 Å². The lowest BCUT2D eigenvalue weighted by Crippen LogP contribution is -2.16. The van der Waals surface area contributed by atoms with Crippen molar-refractivity contribution in [1.82, 2.24) is 0 Å². The second-order valence-corrected chi connectivity index (χ2v) is 9.61. The fourth-order valence-electron chi connectivity index (χ4n) is 3.46. The normalized spacial score (nSPS) is 12.8. The molecule has 0 bridgehead atoms. The minimum atomic E-state index is -0.840. The van der Waals surface area contributed by atoms with E-state index in [1.54, 1.807) is 30.4 Å². The summed E-state index contributed by atoms with van der Waals surface area (Å²) in [5, 5.41) is 10.5. The first kappa shape index (κ1) is 27.3. The number of Topliss-reactive ketones (excluding diaryl/α,β-unsaturated/α-hetero) is 1. The molecule has 0 spiro atoms. The maximum Gasteiger partial charge on any atom is 0.351 e. The number of esters is 1. The molecule has 0 radical (unpaired) electrons. The number of unbranched alkanes of at least 4 members (excludes halogenated alkanes) is 1. The van der Waals surface area contributed by atoms with Crippen LogP contribution >= 0.6 is 11.3 Å². The Balaban J connectivity index is 2.13. The molecule has 0 aliphatic heterocycles. The number of hydrogen-bond donors (Lipinski definition) is 1. The largest absolute Gasteiger partial charge is 0.507 e. The van der Waals surface area contributed by atoms with E-state index < -0.39 is 11.4 Å². The van der Waals surface area contributed by atoms with Crippen molar-refractivity contribution in [3.8, 4) is 5.75 Å². The molecule has 0 aliphatic rings. The third-order valence-corrected chi connectivity index (χ3v) is 6.84. The summed E-state index contributed by atoms with van der Waals surface area (Å²) in [5.41, 5.74) is 0.269. The van der Waals surface area contributed by atoms with Crippen LogP contribution in [0.1, 0.15) is 90.2 Å². The highest BCUT2D eigenvalue weighted by molar-refractivity contribution is 7.13. The van der Waals surface area contributed by atoms with Crippen molar-refractivity contribution in [2.75, 3.05) is 7.11 Å². The van der Waals surface area contributed by atoms with Crippen molar-refractivity contribution in [3.05, 3.63) is 66.9 Å². The molecule has 7 heteroatoms. The Labute approximate surface area is 205 Å². The van der Waals surface area contributed by atoms with E-state index in [-0.39, 0.29) is 29.6 Å². The van der Waals surface area contributed by atoms with Crippen LogP contribution in [0, 0.1) is 6.92 Å². The molecule has 1 atom stereocenters. The fourth-order valence-corrected chi connectivity index (χ4v) is 4.68. The minimum absolute atomic E-state index is 0.155. The lowest BCUT2D eigenvalue weighted by Gasteiger charge is -2.11. The molecule has 2 rings (SSSR count). The first-order chi connectivity index (χ1) is 16.2. The quantitative estimate of drug-likeness (QED) is 0.163. The molecule has 2 aromatic rings. The monoisotopic (exact) mass is 486 g/mol. The van der Waals surface area contributed by atoms with Crippen LogP contribution in [0.2, 0.25) is 0 Å². The number of ketones is 1. The van der Waals surface area contributed by atoms with Gasteiger partial charge in [-0.1, -0.05) is 32.4 Å². The predicted octanol–water partition coefficient (Wildman–Crippen LogP) is 6.35. The topological polar surface area (TPSA) is 93.8 Å². The maximum absolute atomic E-state index is 13.0. The predicted molar refractivity (Wildman–Crippen MR) is 136 cm³/mol. The second kappa shape index (κ2) is 13.1. The number of ether oxygens (including phenoxy) is 1. The number of allylic oxidation sites excluding steroid dienone is 2. The molecule has 184 valence electrons. The Hall–Kier alpha value is -2.93. The van der Waals surface area contributed by atoms with Crippen molar-refractivity contribution < 1.29 is 23.8 Å². The summed E-state index contributed by atoms with van der Waals surface area (Å²) in [4.78, 5) is 38.9. The van der Waals surface area contributed by atoms with Gasteiger partial charge in [0.2, 0.25) is 0 Å². The smallest absolute Gasteiger partial charge is 0.351 e. The van der Waals surface area contributed by atoms with Gasteiger partial charge in [-0.2, -0.15) is 0 Å². The summed E-state index contributed by atoms with van der Waals surface area (Å²) in [6.07, 6.45) is 10.1. The summed E-state index contributed by atoms with van der Waals surface area (Å²) >= 11 is 1.65. The van der Waals surface area contributed by atoms with Gasteiger partial charge in [-0.25, -0.2) is 4.79 Å². The molecule has 1 unspecified atom stereocenters. The summed E-state index contributed by atoms with van der Waals surface area (Å²) in [7, 11) is 1.34. The van der Waals surface area contributed by atoms with Crippen molar-refractivity contribution in [2.45, 2.75) is 72.1 Å². The number of aryl methyl sites for hydroxylation is 2. The van der Waals surface area contributed by atoms with Crippen LogP contribution in [0.25, 0.3) is 6.08 Å². The Kier molecular flexibility index (Phi) is 10.5. The molecule has 0 amide bonds. The number of aromatic hydroxyl groups is 1. The van der Waals surface area contributed by atoms with Crippen LogP contribution in [-0.2, 0) is 16.0 Å². The van der Waals surface area contributed by atoms with Crippen LogP contribution in [0.4, 0.5) is 0 Å². The first-order valence-corrected chi connectivity index (χ1v) is 12.4. The second-order valence-electron chi connectivity index (χ2n) is 8.45. The minimum Gasteiger partial charge on any atom is -0.507 e. The van der Waals surface area contributed by atoms with E-state index in [4.69, 9.17) is 4.42 Å². The molecule has 2 aromatic heterocycles. The number of rotatable bonds is 12. The van der Waals surface area contributed by atoms with Crippen LogP contribution in [0.3, 0.4) is 0 Å². The SMILES string of the molecule is CCCCc1cc(C)c(C=C(C)C(=O)c2c(O)cc(C(C)CC/C=C/CC(=O)OC)oc2=O)s1. The van der Waals surface area contributed by atoms with Gasteiger partial charge in [0, 0.05) is 21.7 Å². The zero-order chi connectivity index (χ0) is 25.3. The number of thiophene rings is 1. The molecule has 6 nitrogen and oxygen atoms in total. The maximum atomic E-state index is 13.0. The molecule has 34 heavy (non-hydrogen) atoms. The molecule has 0 aliphatic carbocycles. The average Bonchev–Trinajstić information content (AvgIpc) is 3.15. The van der Waals surface area contributed by atoms with Crippen LogP contribution in [-0.4, -0.2) is 24.0 Å². The summed E-state index contributed by atoms with van der Waals surface area (Å²) in [6.45, 7) is 7.67. The van der Waals surface area contributed by atoms with Crippen molar-refractivity contribution in [3.63, 3.8) is 0 Å². The number of carbonyl (C=O) groups excluding carboxylic acids is 2. The van der Waals surface area contributed by atoms with E-state index in [9.17, 15) is 19.5 Å². The number of methoxy groups -OCH3 is 1. The van der Waals surface area contributed by atoms with Gasteiger partial charge >= 0.3 is 11.6 Å². The zero-order valence-electron chi connectivity index (χ0n) is 20.6. The van der Waals surface area contributed by atoms with Gasteiger partial charge in [-0.05, 0) is 62.8 Å². The van der Waals surface area contributed by atoms with Gasteiger partial charge in [-0.15, -0.1) is 11.3 Å². The molecular formula is C27H34O6S. The van der Waals surface area contributed by atoms with Crippen LogP contribution in [0.5, 0.6) is 5.75 Å². The fraction of sp³-hybridized carbons (Fsp3) is 0.444. The van der Waals surface area contributed by atoms with E-state index in [1.165, 1.54) is 18.1 Å². The molecule has 1 N–H and O–H groups in total. The molecule has 0 saturated heterocycles. The molecule has 2 heterocycles. The van der Waals surface area contributed by atoms with Crippen LogP contribution < -0.4 is 5.63 Å². The highest BCUT2D eigenvalue weighted by Gasteiger charge is 2.22. The Morgan fingerprint density at radius 2 is 2.00 bits per heavy atom. The van der Waals surface area contributed by atoms with E-state index >= 15 is 0 Å². The molecule has 0 saturated carbocycles. The van der Waals surface area contributed by atoms with Crippen molar-refractivity contribution >= 4 is 29.2 Å². The third kappa shape index (κ3) is 7.55. The lowest BCUT2D eigenvalue weighted by atomic mass is 9.99. The van der Waals surface area contributed by atoms with E-state index in [0.717, 1.165) is 29.7 Å². The van der Waals surface area contributed by atoms with Gasteiger partial charge in [0.05, 0.1) is 13.5 Å². The molecule has 0 fully saturated rings. The Morgan fingerprint density at radius 1 is 1.26 bits per heavy atom. The zero-order valence-corrected chi connectivity index (χ0v) is 21.4. The average molecular weight is 487 g/mol. The highest BCUT2D eigenvalue weighted by atomic mass is 32.1. The van der Waals surface area contributed by atoms with Crippen molar-refractivity contribution in [1.29, 1.82) is 0 Å². The Morgan fingerprint density at radius 3 is 2.65 bits per heavy atom. The highest BCUT2D eigenvalue weighted by Crippen LogP contribution is 2.29. The summed E-state index contributed by atoms with van der Waals surface area (Å²) in [6, 6.07) is 3.49. The molecule has 0 aromatic carbocycles.